The SMILES string of the molecule is CCc1cccc(Oc2cc(C)nc(SCc3cccc(C(F)(F)F)c3)n2)c1. The van der Waals surface area contributed by atoms with Crippen LogP contribution in [0.15, 0.2) is 59.8 Å². The Kier molecular flexibility index (Phi) is 6.24. The molecule has 1 aromatic heterocycles. The lowest BCUT2D eigenvalue weighted by Gasteiger charge is -2.10. The van der Waals surface area contributed by atoms with Gasteiger partial charge in [-0.05, 0) is 42.7 Å². The molecule has 2 aromatic carbocycles. The van der Waals surface area contributed by atoms with Crippen molar-refractivity contribution in [1.29, 1.82) is 0 Å². The number of halogens is 3. The van der Waals surface area contributed by atoms with Crippen LogP contribution in [-0.2, 0) is 18.3 Å². The molecule has 3 nitrogen and oxygen atoms in total. The van der Waals surface area contributed by atoms with Crippen molar-refractivity contribution < 1.29 is 17.9 Å². The van der Waals surface area contributed by atoms with Crippen molar-refractivity contribution in [2.45, 2.75) is 37.4 Å². The summed E-state index contributed by atoms with van der Waals surface area (Å²) in [4.78, 5) is 8.72. The van der Waals surface area contributed by atoms with Gasteiger partial charge in [0.05, 0.1) is 5.56 Å². The van der Waals surface area contributed by atoms with Crippen LogP contribution in [0.5, 0.6) is 11.6 Å². The van der Waals surface area contributed by atoms with Crippen molar-refractivity contribution in [2.24, 2.45) is 0 Å². The van der Waals surface area contributed by atoms with E-state index in [4.69, 9.17) is 4.74 Å². The van der Waals surface area contributed by atoms with Gasteiger partial charge in [0, 0.05) is 17.5 Å². The predicted octanol–water partition coefficient (Wildman–Crippen LogP) is 6.45. The number of aromatic nitrogens is 2. The number of hydrogen-bond acceptors (Lipinski definition) is 4. The molecule has 28 heavy (non-hydrogen) atoms. The van der Waals surface area contributed by atoms with Crippen LogP contribution in [0.3, 0.4) is 0 Å². The molecule has 0 aliphatic carbocycles. The molecule has 7 heteroatoms. The number of nitrogens with zero attached hydrogens (tertiary/aromatic N) is 2. The Labute approximate surface area is 166 Å². The minimum absolute atomic E-state index is 0.331. The van der Waals surface area contributed by atoms with Gasteiger partial charge in [-0.1, -0.05) is 49.0 Å². The first kappa shape index (κ1) is 20.2. The topological polar surface area (TPSA) is 35.0 Å². The van der Waals surface area contributed by atoms with Gasteiger partial charge in [0.2, 0.25) is 5.88 Å². The Bertz CT molecular complexity index is 960. The van der Waals surface area contributed by atoms with E-state index in [9.17, 15) is 13.2 Å². The van der Waals surface area contributed by atoms with E-state index in [1.165, 1.54) is 17.8 Å². The maximum absolute atomic E-state index is 12.8. The van der Waals surface area contributed by atoms with Crippen LogP contribution in [0.2, 0.25) is 0 Å². The second-order valence-electron chi connectivity index (χ2n) is 6.22. The summed E-state index contributed by atoms with van der Waals surface area (Å²) in [5, 5.41) is 0.457. The van der Waals surface area contributed by atoms with Gasteiger partial charge < -0.3 is 4.74 Å². The molecule has 0 atom stereocenters. The molecule has 1 heterocycles. The Morgan fingerprint density at radius 1 is 0.964 bits per heavy atom. The fraction of sp³-hybridized carbons (Fsp3) is 0.238. The summed E-state index contributed by atoms with van der Waals surface area (Å²) in [7, 11) is 0. The summed E-state index contributed by atoms with van der Waals surface area (Å²) >= 11 is 1.27. The average molecular weight is 404 g/mol. The maximum Gasteiger partial charge on any atom is 0.416 e. The molecular weight excluding hydrogens is 385 g/mol. The molecule has 0 fully saturated rings. The monoisotopic (exact) mass is 404 g/mol. The third-order valence-corrected chi connectivity index (χ3v) is 4.88. The van der Waals surface area contributed by atoms with Crippen molar-refractivity contribution in [3.8, 4) is 11.6 Å². The molecule has 0 N–H and O–H groups in total. The summed E-state index contributed by atoms with van der Waals surface area (Å²) in [5.74, 6) is 1.43. The molecule has 146 valence electrons. The summed E-state index contributed by atoms with van der Waals surface area (Å²) < 4.78 is 44.4. The summed E-state index contributed by atoms with van der Waals surface area (Å²) in [5.41, 5.74) is 1.78. The van der Waals surface area contributed by atoms with Crippen molar-refractivity contribution >= 4 is 11.8 Å². The molecule has 0 saturated carbocycles. The van der Waals surface area contributed by atoms with Crippen molar-refractivity contribution in [3.05, 3.63) is 77.0 Å². The van der Waals surface area contributed by atoms with Crippen LogP contribution in [0.4, 0.5) is 13.2 Å². The van der Waals surface area contributed by atoms with E-state index in [0.29, 0.717) is 28.1 Å². The van der Waals surface area contributed by atoms with E-state index in [-0.39, 0.29) is 0 Å². The Hall–Kier alpha value is -2.54. The van der Waals surface area contributed by atoms with Gasteiger partial charge in [-0.15, -0.1) is 0 Å². The lowest BCUT2D eigenvalue weighted by molar-refractivity contribution is -0.137. The molecule has 3 rings (SSSR count). The highest BCUT2D eigenvalue weighted by molar-refractivity contribution is 7.98. The number of hydrogen-bond donors (Lipinski definition) is 0. The normalized spacial score (nSPS) is 11.5. The zero-order valence-corrected chi connectivity index (χ0v) is 16.3. The van der Waals surface area contributed by atoms with Gasteiger partial charge in [0.15, 0.2) is 5.16 Å². The van der Waals surface area contributed by atoms with E-state index in [1.807, 2.05) is 31.2 Å². The van der Waals surface area contributed by atoms with E-state index >= 15 is 0 Å². The van der Waals surface area contributed by atoms with Crippen LogP contribution in [-0.4, -0.2) is 9.97 Å². The first-order valence-corrected chi connectivity index (χ1v) is 9.73. The molecule has 0 aliphatic heterocycles. The van der Waals surface area contributed by atoms with Crippen LogP contribution in [0.25, 0.3) is 0 Å². The fourth-order valence-corrected chi connectivity index (χ4v) is 3.40. The molecule has 0 aliphatic rings. The second-order valence-corrected chi connectivity index (χ2v) is 7.16. The number of alkyl halides is 3. The molecule has 0 bridgehead atoms. The number of ether oxygens (including phenoxy) is 1. The standard InChI is InChI=1S/C21H19F3N2OS/c1-3-15-6-5-9-18(12-15)27-19-10-14(2)25-20(26-19)28-13-16-7-4-8-17(11-16)21(22,23)24/h4-12H,3,13H2,1-2H3. The number of aryl methyl sites for hydroxylation is 2. The zero-order chi connectivity index (χ0) is 20.1. The van der Waals surface area contributed by atoms with Crippen molar-refractivity contribution in [3.63, 3.8) is 0 Å². The van der Waals surface area contributed by atoms with Crippen LogP contribution >= 0.6 is 11.8 Å². The molecule has 3 aromatic rings. The fourth-order valence-electron chi connectivity index (χ4n) is 2.57. The molecule has 0 radical (unpaired) electrons. The first-order valence-electron chi connectivity index (χ1n) is 8.75. The minimum atomic E-state index is -4.35. The van der Waals surface area contributed by atoms with Crippen molar-refractivity contribution in [2.75, 3.05) is 0 Å². The predicted molar refractivity (Wildman–Crippen MR) is 104 cm³/mol. The summed E-state index contributed by atoms with van der Waals surface area (Å²) in [6.07, 6.45) is -3.45. The highest BCUT2D eigenvalue weighted by atomic mass is 32.2. The van der Waals surface area contributed by atoms with E-state index in [2.05, 4.69) is 16.9 Å². The smallest absolute Gasteiger partial charge is 0.416 e. The third-order valence-electron chi connectivity index (χ3n) is 3.96. The number of benzene rings is 2. The first-order chi connectivity index (χ1) is 13.3. The third kappa shape index (κ3) is 5.48. The molecular formula is C21H19F3N2OS. The quantitative estimate of drug-likeness (QED) is 0.349. The van der Waals surface area contributed by atoms with E-state index in [0.717, 1.165) is 29.8 Å². The maximum atomic E-state index is 12.8. The molecule has 0 unspecified atom stereocenters. The lowest BCUT2D eigenvalue weighted by atomic mass is 10.1. The lowest BCUT2D eigenvalue weighted by Crippen LogP contribution is -2.05. The van der Waals surface area contributed by atoms with E-state index < -0.39 is 11.7 Å². The van der Waals surface area contributed by atoms with Gasteiger partial charge in [0.1, 0.15) is 5.75 Å². The average Bonchev–Trinajstić information content (AvgIpc) is 2.66. The van der Waals surface area contributed by atoms with Gasteiger partial charge in [-0.3, -0.25) is 0 Å². The molecule has 0 amide bonds. The highest BCUT2D eigenvalue weighted by Gasteiger charge is 2.30. The minimum Gasteiger partial charge on any atom is -0.439 e. The van der Waals surface area contributed by atoms with Gasteiger partial charge >= 0.3 is 6.18 Å². The van der Waals surface area contributed by atoms with Crippen LogP contribution in [0, 0.1) is 6.92 Å². The Morgan fingerprint density at radius 3 is 2.46 bits per heavy atom. The zero-order valence-electron chi connectivity index (χ0n) is 15.5. The van der Waals surface area contributed by atoms with Crippen molar-refractivity contribution in [1.82, 2.24) is 9.97 Å². The largest absolute Gasteiger partial charge is 0.439 e. The van der Waals surface area contributed by atoms with Gasteiger partial charge in [-0.2, -0.15) is 18.2 Å². The van der Waals surface area contributed by atoms with Gasteiger partial charge in [-0.25, -0.2) is 4.98 Å². The summed E-state index contributed by atoms with van der Waals surface area (Å²) in [6, 6.07) is 14.8. The molecule has 0 spiro atoms. The Morgan fingerprint density at radius 2 is 1.71 bits per heavy atom. The second kappa shape index (κ2) is 8.65. The number of rotatable bonds is 6. The Balaban J connectivity index is 1.73. The van der Waals surface area contributed by atoms with Gasteiger partial charge in [0.25, 0.3) is 0 Å². The highest BCUT2D eigenvalue weighted by Crippen LogP contribution is 2.31. The van der Waals surface area contributed by atoms with Crippen LogP contribution < -0.4 is 4.74 Å². The van der Waals surface area contributed by atoms with E-state index in [1.54, 1.807) is 12.1 Å². The number of thioether (sulfide) groups is 1. The summed E-state index contributed by atoms with van der Waals surface area (Å²) in [6.45, 7) is 3.89. The van der Waals surface area contributed by atoms with Crippen LogP contribution in [0.1, 0.15) is 29.3 Å². The molecule has 0 saturated heterocycles.